The normalized spacial score (nSPS) is 19.8. The van der Waals surface area contributed by atoms with Gasteiger partial charge in [0.05, 0.1) is 11.1 Å². The van der Waals surface area contributed by atoms with E-state index in [1.165, 1.54) is 0 Å². The molecule has 86 valence electrons. The van der Waals surface area contributed by atoms with Crippen LogP contribution in [-0.2, 0) is 4.79 Å². The Morgan fingerprint density at radius 3 is 3.00 bits per heavy atom. The van der Waals surface area contributed by atoms with E-state index >= 15 is 0 Å². The molecule has 0 bridgehead atoms. The Morgan fingerprint density at radius 2 is 2.38 bits per heavy atom. The van der Waals surface area contributed by atoms with Crippen molar-refractivity contribution in [3.8, 4) is 0 Å². The predicted molar refractivity (Wildman–Crippen MR) is 68.8 cm³/mol. The number of carbonyl (C=O) groups excluding carboxylic acids is 1. The molecule has 0 saturated carbocycles. The van der Waals surface area contributed by atoms with E-state index in [0.29, 0.717) is 5.02 Å². The summed E-state index contributed by atoms with van der Waals surface area (Å²) in [5.74, 6) is 0.0101. The van der Waals surface area contributed by atoms with Crippen molar-refractivity contribution >= 4 is 39.1 Å². The summed E-state index contributed by atoms with van der Waals surface area (Å²) in [6.07, 6.45) is 1.95. The van der Waals surface area contributed by atoms with Crippen molar-refractivity contribution < 1.29 is 4.79 Å². The zero-order valence-corrected chi connectivity index (χ0v) is 10.9. The smallest absolute Gasteiger partial charge is 0.241 e. The van der Waals surface area contributed by atoms with E-state index < -0.39 is 0 Å². The van der Waals surface area contributed by atoms with Crippen molar-refractivity contribution in [2.75, 3.05) is 11.9 Å². The van der Waals surface area contributed by atoms with Crippen molar-refractivity contribution in [3.05, 3.63) is 27.7 Å². The summed E-state index contributed by atoms with van der Waals surface area (Å²) in [7, 11) is 0. The lowest BCUT2D eigenvalue weighted by Gasteiger charge is -2.11. The first-order valence-corrected chi connectivity index (χ1v) is 6.33. The topological polar surface area (TPSA) is 41.1 Å². The summed E-state index contributed by atoms with van der Waals surface area (Å²) in [5.41, 5.74) is 0.729. The van der Waals surface area contributed by atoms with E-state index in [1.54, 1.807) is 6.07 Å². The van der Waals surface area contributed by atoms with Crippen LogP contribution in [0.2, 0.25) is 5.02 Å². The van der Waals surface area contributed by atoms with Crippen molar-refractivity contribution in [2.24, 2.45) is 0 Å². The third-order valence-corrected chi connectivity index (χ3v) is 3.80. The second-order valence-electron chi connectivity index (χ2n) is 3.77. The van der Waals surface area contributed by atoms with Gasteiger partial charge in [-0.25, -0.2) is 0 Å². The Balaban J connectivity index is 2.02. The molecule has 1 fully saturated rings. The summed E-state index contributed by atoms with van der Waals surface area (Å²) in [6.45, 7) is 0.916. The molecule has 1 aromatic carbocycles. The zero-order valence-electron chi connectivity index (χ0n) is 8.59. The number of hydrogen-bond donors (Lipinski definition) is 2. The molecule has 0 unspecified atom stereocenters. The van der Waals surface area contributed by atoms with Crippen molar-refractivity contribution in [3.63, 3.8) is 0 Å². The monoisotopic (exact) mass is 302 g/mol. The largest absolute Gasteiger partial charge is 0.325 e. The van der Waals surface area contributed by atoms with Gasteiger partial charge in [0.15, 0.2) is 0 Å². The molecule has 0 spiro atoms. The maximum absolute atomic E-state index is 11.8. The Bertz CT molecular complexity index is 405. The number of anilines is 1. The van der Waals surface area contributed by atoms with Crippen LogP contribution in [0.3, 0.4) is 0 Å². The van der Waals surface area contributed by atoms with Gasteiger partial charge in [-0.15, -0.1) is 0 Å². The maximum atomic E-state index is 11.8. The van der Waals surface area contributed by atoms with Crippen LogP contribution in [0.4, 0.5) is 5.69 Å². The van der Waals surface area contributed by atoms with E-state index in [-0.39, 0.29) is 11.9 Å². The fourth-order valence-corrected chi connectivity index (χ4v) is 2.14. The number of nitrogens with one attached hydrogen (secondary N) is 2. The SMILES string of the molecule is O=C(Nc1ccc(Br)c(Cl)c1)[C@@H]1CCCN1. The second-order valence-corrected chi connectivity index (χ2v) is 5.03. The van der Waals surface area contributed by atoms with E-state index in [2.05, 4.69) is 26.6 Å². The van der Waals surface area contributed by atoms with Gasteiger partial charge >= 0.3 is 0 Å². The Kier molecular flexibility index (Phi) is 3.84. The van der Waals surface area contributed by atoms with Gasteiger partial charge in [-0.3, -0.25) is 4.79 Å². The van der Waals surface area contributed by atoms with Crippen molar-refractivity contribution in [1.82, 2.24) is 5.32 Å². The molecule has 0 aliphatic carbocycles. The summed E-state index contributed by atoms with van der Waals surface area (Å²) in [5, 5.41) is 6.59. The fourth-order valence-electron chi connectivity index (χ4n) is 1.71. The molecule has 3 nitrogen and oxygen atoms in total. The van der Waals surface area contributed by atoms with Crippen molar-refractivity contribution in [2.45, 2.75) is 18.9 Å². The highest BCUT2D eigenvalue weighted by Gasteiger charge is 2.21. The molecule has 16 heavy (non-hydrogen) atoms. The molecular weight excluding hydrogens is 291 g/mol. The lowest BCUT2D eigenvalue weighted by atomic mass is 10.2. The van der Waals surface area contributed by atoms with Crippen LogP contribution in [-0.4, -0.2) is 18.5 Å². The molecule has 1 amide bonds. The molecule has 0 radical (unpaired) electrons. The van der Waals surface area contributed by atoms with Gasteiger partial charge in [0, 0.05) is 10.2 Å². The van der Waals surface area contributed by atoms with Gasteiger partial charge in [-0.05, 0) is 53.5 Å². The average molecular weight is 304 g/mol. The minimum atomic E-state index is -0.0672. The van der Waals surface area contributed by atoms with E-state index in [0.717, 1.165) is 29.5 Å². The molecule has 1 heterocycles. The summed E-state index contributed by atoms with van der Waals surface area (Å²) in [4.78, 5) is 11.8. The fraction of sp³-hybridized carbons (Fsp3) is 0.364. The van der Waals surface area contributed by atoms with Crippen LogP contribution in [0, 0.1) is 0 Å². The molecular formula is C11H12BrClN2O. The van der Waals surface area contributed by atoms with Crippen LogP contribution in [0.25, 0.3) is 0 Å². The highest BCUT2D eigenvalue weighted by atomic mass is 79.9. The molecule has 2 N–H and O–H groups in total. The molecule has 1 aromatic rings. The summed E-state index contributed by atoms with van der Waals surface area (Å²) >= 11 is 9.25. The summed E-state index contributed by atoms with van der Waals surface area (Å²) in [6, 6.07) is 5.31. The molecule has 5 heteroatoms. The number of rotatable bonds is 2. The third kappa shape index (κ3) is 2.75. The molecule has 0 aromatic heterocycles. The standard InChI is InChI=1S/C11H12BrClN2O/c12-8-4-3-7(6-9(8)13)15-11(16)10-2-1-5-14-10/h3-4,6,10,14H,1-2,5H2,(H,15,16)/t10-/m0/s1. The highest BCUT2D eigenvalue weighted by Crippen LogP contribution is 2.25. The lowest BCUT2D eigenvalue weighted by molar-refractivity contribution is -0.117. The van der Waals surface area contributed by atoms with Crippen LogP contribution in [0.1, 0.15) is 12.8 Å². The highest BCUT2D eigenvalue weighted by molar-refractivity contribution is 9.10. The van der Waals surface area contributed by atoms with Gasteiger partial charge in [0.2, 0.25) is 5.91 Å². The zero-order chi connectivity index (χ0) is 11.5. The first-order chi connectivity index (χ1) is 7.66. The Labute approximate surface area is 108 Å². The number of carbonyl (C=O) groups is 1. The van der Waals surface area contributed by atoms with Crippen LogP contribution < -0.4 is 10.6 Å². The van der Waals surface area contributed by atoms with Gasteiger partial charge in [0.1, 0.15) is 0 Å². The van der Waals surface area contributed by atoms with Crippen LogP contribution in [0.5, 0.6) is 0 Å². The first kappa shape index (κ1) is 11.9. The maximum Gasteiger partial charge on any atom is 0.241 e. The van der Waals surface area contributed by atoms with Crippen molar-refractivity contribution in [1.29, 1.82) is 0 Å². The van der Waals surface area contributed by atoms with Crippen LogP contribution in [0.15, 0.2) is 22.7 Å². The Morgan fingerprint density at radius 1 is 1.56 bits per heavy atom. The van der Waals surface area contributed by atoms with Gasteiger partial charge < -0.3 is 10.6 Å². The predicted octanol–water partition coefficient (Wildman–Crippen LogP) is 2.79. The molecule has 1 atom stereocenters. The van der Waals surface area contributed by atoms with Gasteiger partial charge in [-0.2, -0.15) is 0 Å². The second kappa shape index (κ2) is 5.17. The molecule has 1 aliphatic rings. The number of amides is 1. The quantitative estimate of drug-likeness (QED) is 0.882. The minimum absolute atomic E-state index is 0.0101. The van der Waals surface area contributed by atoms with Gasteiger partial charge in [0.25, 0.3) is 0 Å². The molecule has 1 aliphatic heterocycles. The number of hydrogen-bond acceptors (Lipinski definition) is 2. The molecule has 1 saturated heterocycles. The number of benzene rings is 1. The van der Waals surface area contributed by atoms with Crippen LogP contribution >= 0.6 is 27.5 Å². The average Bonchev–Trinajstić information content (AvgIpc) is 2.77. The van der Waals surface area contributed by atoms with E-state index in [4.69, 9.17) is 11.6 Å². The van der Waals surface area contributed by atoms with E-state index in [9.17, 15) is 4.79 Å². The summed E-state index contributed by atoms with van der Waals surface area (Å²) < 4.78 is 0.825. The number of halogens is 2. The minimum Gasteiger partial charge on any atom is -0.325 e. The first-order valence-electron chi connectivity index (χ1n) is 5.16. The third-order valence-electron chi connectivity index (χ3n) is 2.56. The van der Waals surface area contributed by atoms with E-state index in [1.807, 2.05) is 12.1 Å². The Hall–Kier alpha value is -0.580. The van der Waals surface area contributed by atoms with Gasteiger partial charge in [-0.1, -0.05) is 11.6 Å². The molecule has 2 rings (SSSR count). The lowest BCUT2D eigenvalue weighted by Crippen LogP contribution is -2.35.